The van der Waals surface area contributed by atoms with E-state index in [1.54, 1.807) is 19.1 Å². The Balaban J connectivity index is 2.30. The number of carbonyl (C=O) groups excluding carboxylic acids is 1. The van der Waals surface area contributed by atoms with E-state index in [0.29, 0.717) is 16.8 Å². The van der Waals surface area contributed by atoms with Crippen LogP contribution in [0.5, 0.6) is 0 Å². The number of ketones is 1. The molecule has 0 spiro atoms. The number of pyridine rings is 1. The lowest BCUT2D eigenvalue weighted by Crippen LogP contribution is -1.95. The maximum atomic E-state index is 11.7. The van der Waals surface area contributed by atoms with Crippen LogP contribution in [0.1, 0.15) is 22.8 Å². The van der Waals surface area contributed by atoms with Gasteiger partial charge in [0.25, 0.3) is 0 Å². The van der Waals surface area contributed by atoms with Gasteiger partial charge in [0.1, 0.15) is 11.7 Å². The Bertz CT molecular complexity index is 856. The summed E-state index contributed by atoms with van der Waals surface area (Å²) in [5.74, 6) is 0.0133. The van der Waals surface area contributed by atoms with Crippen LogP contribution >= 0.6 is 0 Å². The summed E-state index contributed by atoms with van der Waals surface area (Å²) < 4.78 is 0. The molecule has 0 saturated heterocycles. The molecule has 0 bridgehead atoms. The molecule has 0 aliphatic rings. The minimum absolute atomic E-state index is 0.0133. The van der Waals surface area contributed by atoms with Crippen molar-refractivity contribution in [3.05, 3.63) is 53.9 Å². The number of nitriles is 1. The van der Waals surface area contributed by atoms with Gasteiger partial charge in [-0.25, -0.2) is 4.98 Å². The van der Waals surface area contributed by atoms with Gasteiger partial charge < -0.3 is 4.98 Å². The number of nitrogens with one attached hydrogen (secondary N) is 1. The zero-order valence-electron chi connectivity index (χ0n) is 10.8. The molecule has 4 nitrogen and oxygen atoms in total. The Morgan fingerprint density at radius 1 is 1.30 bits per heavy atom. The minimum atomic E-state index is 0.0133. The van der Waals surface area contributed by atoms with Gasteiger partial charge in [-0.3, -0.25) is 4.79 Å². The second kappa shape index (κ2) is 4.63. The van der Waals surface area contributed by atoms with E-state index in [4.69, 9.17) is 5.26 Å². The second-order valence-corrected chi connectivity index (χ2v) is 4.54. The summed E-state index contributed by atoms with van der Waals surface area (Å²) in [5.41, 5.74) is 3.60. The van der Waals surface area contributed by atoms with E-state index in [9.17, 15) is 4.79 Å². The van der Waals surface area contributed by atoms with Crippen LogP contribution in [0.25, 0.3) is 22.2 Å². The number of rotatable bonds is 2. The first-order valence-corrected chi connectivity index (χ1v) is 6.18. The van der Waals surface area contributed by atoms with Gasteiger partial charge in [-0.05, 0) is 18.6 Å². The van der Waals surface area contributed by atoms with Crippen LogP contribution < -0.4 is 0 Å². The fourth-order valence-corrected chi connectivity index (χ4v) is 2.31. The third-order valence-electron chi connectivity index (χ3n) is 3.26. The number of hydrogen-bond acceptors (Lipinski definition) is 3. The summed E-state index contributed by atoms with van der Waals surface area (Å²) in [4.78, 5) is 19.0. The lowest BCUT2D eigenvalue weighted by atomic mass is 9.97. The molecule has 3 rings (SSSR count). The highest BCUT2D eigenvalue weighted by Crippen LogP contribution is 2.30. The van der Waals surface area contributed by atoms with Crippen molar-refractivity contribution in [2.24, 2.45) is 0 Å². The van der Waals surface area contributed by atoms with Crippen molar-refractivity contribution in [3.8, 4) is 17.2 Å². The fourth-order valence-electron chi connectivity index (χ4n) is 2.31. The molecule has 0 radical (unpaired) electrons. The van der Waals surface area contributed by atoms with E-state index < -0.39 is 0 Å². The van der Waals surface area contributed by atoms with Gasteiger partial charge in [0, 0.05) is 28.9 Å². The van der Waals surface area contributed by atoms with Crippen molar-refractivity contribution in [3.63, 3.8) is 0 Å². The number of carbonyl (C=O) groups is 1. The van der Waals surface area contributed by atoms with Gasteiger partial charge in [0.2, 0.25) is 0 Å². The number of fused-ring (bicyclic) bond motifs is 1. The molecule has 96 valence electrons. The van der Waals surface area contributed by atoms with Crippen molar-refractivity contribution < 1.29 is 4.79 Å². The van der Waals surface area contributed by atoms with Gasteiger partial charge in [-0.15, -0.1) is 0 Å². The van der Waals surface area contributed by atoms with Crippen molar-refractivity contribution in [2.45, 2.75) is 6.92 Å². The number of aromatic amines is 1. The largest absolute Gasteiger partial charge is 0.346 e. The number of aromatic nitrogens is 2. The van der Waals surface area contributed by atoms with Gasteiger partial charge in [-0.1, -0.05) is 24.3 Å². The maximum Gasteiger partial charge on any atom is 0.160 e. The minimum Gasteiger partial charge on any atom is -0.346 e. The highest BCUT2D eigenvalue weighted by molar-refractivity contribution is 6.05. The number of hydrogen-bond donors (Lipinski definition) is 1. The molecule has 0 aliphatic carbocycles. The van der Waals surface area contributed by atoms with Crippen molar-refractivity contribution in [2.75, 3.05) is 0 Å². The third-order valence-corrected chi connectivity index (χ3v) is 3.26. The van der Waals surface area contributed by atoms with Crippen molar-refractivity contribution in [1.82, 2.24) is 9.97 Å². The Labute approximate surface area is 115 Å². The molecule has 0 atom stereocenters. The van der Waals surface area contributed by atoms with E-state index in [-0.39, 0.29) is 5.78 Å². The zero-order valence-corrected chi connectivity index (χ0v) is 10.8. The number of nitrogens with zero attached hydrogens (tertiary/aromatic N) is 2. The van der Waals surface area contributed by atoms with Crippen LogP contribution in [-0.2, 0) is 0 Å². The summed E-state index contributed by atoms with van der Waals surface area (Å²) in [7, 11) is 0. The van der Waals surface area contributed by atoms with Gasteiger partial charge in [0.05, 0.1) is 5.56 Å². The number of Topliss-reactive ketones (excluding diaryl/α,β-unsaturated/α-hetero) is 1. The molecule has 4 heteroatoms. The predicted octanol–water partition coefficient (Wildman–Crippen LogP) is 3.30. The monoisotopic (exact) mass is 261 g/mol. The first-order valence-electron chi connectivity index (χ1n) is 6.18. The van der Waals surface area contributed by atoms with Crippen LogP contribution in [-0.4, -0.2) is 15.8 Å². The summed E-state index contributed by atoms with van der Waals surface area (Å²) in [6, 6.07) is 11.3. The smallest absolute Gasteiger partial charge is 0.160 e. The molecule has 0 unspecified atom stereocenters. The first-order chi connectivity index (χ1) is 9.70. The Morgan fingerprint density at radius 3 is 2.85 bits per heavy atom. The van der Waals surface area contributed by atoms with E-state index in [2.05, 4.69) is 16.0 Å². The molecule has 2 heterocycles. The summed E-state index contributed by atoms with van der Waals surface area (Å²) >= 11 is 0. The SMILES string of the molecule is CC(=O)c1ccccc1-c1c[nH]c2ncc(C#N)cc12. The van der Waals surface area contributed by atoms with Gasteiger partial charge >= 0.3 is 0 Å². The van der Waals surface area contributed by atoms with Crippen LogP contribution in [0.3, 0.4) is 0 Å². The first kappa shape index (κ1) is 12.1. The van der Waals surface area contributed by atoms with Crippen molar-refractivity contribution >= 4 is 16.8 Å². The highest BCUT2D eigenvalue weighted by atomic mass is 16.1. The van der Waals surface area contributed by atoms with Crippen LogP contribution in [0.4, 0.5) is 0 Å². The molecular weight excluding hydrogens is 250 g/mol. The van der Waals surface area contributed by atoms with Gasteiger partial charge in [0.15, 0.2) is 5.78 Å². The molecule has 0 fully saturated rings. The molecule has 0 saturated carbocycles. The maximum absolute atomic E-state index is 11.7. The summed E-state index contributed by atoms with van der Waals surface area (Å²) in [5, 5.41) is 9.83. The van der Waals surface area contributed by atoms with Crippen molar-refractivity contribution in [1.29, 1.82) is 5.26 Å². The summed E-state index contributed by atoms with van der Waals surface area (Å²) in [6.45, 7) is 1.55. The molecule has 1 N–H and O–H groups in total. The molecular formula is C16H11N3O. The normalized spacial score (nSPS) is 10.4. The number of H-pyrrole nitrogens is 1. The number of benzene rings is 1. The molecule has 0 amide bonds. The second-order valence-electron chi connectivity index (χ2n) is 4.54. The average molecular weight is 261 g/mol. The molecule has 1 aromatic carbocycles. The molecule has 2 aromatic heterocycles. The molecule has 0 aliphatic heterocycles. The topological polar surface area (TPSA) is 69.5 Å². The standard InChI is InChI=1S/C16H11N3O/c1-10(20)12-4-2-3-5-13(12)15-9-19-16-14(15)6-11(7-17)8-18-16/h2-6,8-9H,1H3,(H,18,19). The summed E-state index contributed by atoms with van der Waals surface area (Å²) in [6.07, 6.45) is 3.35. The quantitative estimate of drug-likeness (QED) is 0.719. The Kier molecular flexibility index (Phi) is 2.81. The lowest BCUT2D eigenvalue weighted by Gasteiger charge is -2.05. The Morgan fingerprint density at radius 2 is 2.10 bits per heavy atom. The van der Waals surface area contributed by atoms with E-state index in [1.165, 1.54) is 6.20 Å². The molecule has 3 aromatic rings. The van der Waals surface area contributed by atoms with Gasteiger partial charge in [-0.2, -0.15) is 5.26 Å². The third kappa shape index (κ3) is 1.86. The van der Waals surface area contributed by atoms with Crippen LogP contribution in [0.2, 0.25) is 0 Å². The van der Waals surface area contributed by atoms with E-state index in [1.807, 2.05) is 24.4 Å². The lowest BCUT2D eigenvalue weighted by molar-refractivity contribution is 0.101. The van der Waals surface area contributed by atoms with E-state index >= 15 is 0 Å². The zero-order chi connectivity index (χ0) is 14.1. The Hall–Kier alpha value is -2.93. The highest BCUT2D eigenvalue weighted by Gasteiger charge is 2.13. The predicted molar refractivity (Wildman–Crippen MR) is 76.2 cm³/mol. The fraction of sp³-hybridized carbons (Fsp3) is 0.0625. The van der Waals surface area contributed by atoms with Crippen LogP contribution in [0.15, 0.2) is 42.7 Å². The van der Waals surface area contributed by atoms with Crippen LogP contribution in [0, 0.1) is 11.3 Å². The molecule has 20 heavy (non-hydrogen) atoms. The van der Waals surface area contributed by atoms with E-state index in [0.717, 1.165) is 16.5 Å². The average Bonchev–Trinajstić information content (AvgIpc) is 2.89.